The first-order valence-corrected chi connectivity index (χ1v) is 5.54. The standard InChI is InChI=1S/C14H15F3O/c1-14(2,3)8-4-5-11(18)9-6-7-10(15)13(17)12(9)16/h6-7,11,18H,5H2,1-3H3. The maximum absolute atomic E-state index is 13.4. The summed E-state index contributed by atoms with van der Waals surface area (Å²) in [5.41, 5.74) is -0.510. The first-order valence-electron chi connectivity index (χ1n) is 5.54. The Balaban J connectivity index is 2.88. The van der Waals surface area contributed by atoms with E-state index in [1.807, 2.05) is 20.8 Å². The zero-order valence-electron chi connectivity index (χ0n) is 10.5. The average Bonchev–Trinajstić information content (AvgIpc) is 2.24. The molecule has 0 fully saturated rings. The van der Waals surface area contributed by atoms with Gasteiger partial charge in [-0.3, -0.25) is 0 Å². The minimum atomic E-state index is -1.57. The highest BCUT2D eigenvalue weighted by atomic mass is 19.2. The van der Waals surface area contributed by atoms with Gasteiger partial charge in [-0.2, -0.15) is 0 Å². The van der Waals surface area contributed by atoms with Crippen molar-refractivity contribution < 1.29 is 18.3 Å². The van der Waals surface area contributed by atoms with E-state index in [4.69, 9.17) is 0 Å². The molecule has 0 aliphatic rings. The largest absolute Gasteiger partial charge is 0.387 e. The summed E-state index contributed by atoms with van der Waals surface area (Å²) in [7, 11) is 0. The molecular weight excluding hydrogens is 241 g/mol. The minimum absolute atomic E-state index is 0.0285. The van der Waals surface area contributed by atoms with Gasteiger partial charge in [0.2, 0.25) is 0 Å². The highest BCUT2D eigenvalue weighted by molar-refractivity contribution is 5.24. The Hall–Kier alpha value is -1.47. The van der Waals surface area contributed by atoms with E-state index in [0.717, 1.165) is 12.1 Å². The molecule has 0 aliphatic heterocycles. The predicted molar refractivity (Wildman–Crippen MR) is 63.1 cm³/mol. The Bertz CT molecular complexity index is 492. The summed E-state index contributed by atoms with van der Waals surface area (Å²) < 4.78 is 39.0. The molecule has 0 spiro atoms. The van der Waals surface area contributed by atoms with Crippen LogP contribution in [0.1, 0.15) is 38.9 Å². The molecule has 0 saturated heterocycles. The third kappa shape index (κ3) is 3.78. The van der Waals surface area contributed by atoms with E-state index in [0.29, 0.717) is 0 Å². The Morgan fingerprint density at radius 2 is 1.78 bits per heavy atom. The van der Waals surface area contributed by atoms with Gasteiger partial charge in [0.05, 0.1) is 6.10 Å². The number of benzene rings is 1. The van der Waals surface area contributed by atoms with E-state index in [-0.39, 0.29) is 17.4 Å². The van der Waals surface area contributed by atoms with Crippen molar-refractivity contribution >= 4 is 0 Å². The monoisotopic (exact) mass is 256 g/mol. The lowest BCUT2D eigenvalue weighted by atomic mass is 9.97. The van der Waals surface area contributed by atoms with Crippen LogP contribution in [0.2, 0.25) is 0 Å². The fourth-order valence-corrected chi connectivity index (χ4v) is 1.32. The lowest BCUT2D eigenvalue weighted by Gasteiger charge is -2.10. The first-order chi connectivity index (χ1) is 8.22. The third-order valence-electron chi connectivity index (χ3n) is 2.18. The first kappa shape index (κ1) is 14.6. The molecular formula is C14H15F3O. The smallest absolute Gasteiger partial charge is 0.194 e. The zero-order valence-corrected chi connectivity index (χ0v) is 10.5. The summed E-state index contributed by atoms with van der Waals surface area (Å²) >= 11 is 0. The second kappa shape index (κ2) is 5.45. The SMILES string of the molecule is CC(C)(C)C#CCC(O)c1ccc(F)c(F)c1F. The molecule has 0 aromatic heterocycles. The van der Waals surface area contributed by atoms with Crippen molar-refractivity contribution in [1.82, 2.24) is 0 Å². The van der Waals surface area contributed by atoms with Gasteiger partial charge in [-0.25, -0.2) is 13.2 Å². The van der Waals surface area contributed by atoms with Gasteiger partial charge < -0.3 is 5.11 Å². The van der Waals surface area contributed by atoms with Crippen LogP contribution < -0.4 is 0 Å². The predicted octanol–water partition coefficient (Wildman–Crippen LogP) is 3.58. The molecule has 1 nitrogen and oxygen atoms in total. The molecule has 0 bridgehead atoms. The van der Waals surface area contributed by atoms with Gasteiger partial charge >= 0.3 is 0 Å². The lowest BCUT2D eigenvalue weighted by Crippen LogP contribution is -2.04. The fraction of sp³-hybridized carbons (Fsp3) is 0.429. The fourth-order valence-electron chi connectivity index (χ4n) is 1.32. The molecule has 18 heavy (non-hydrogen) atoms. The van der Waals surface area contributed by atoms with E-state index >= 15 is 0 Å². The van der Waals surface area contributed by atoms with Crippen molar-refractivity contribution in [3.63, 3.8) is 0 Å². The molecule has 1 aromatic rings. The average molecular weight is 256 g/mol. The van der Waals surface area contributed by atoms with Gasteiger partial charge in [0.1, 0.15) is 0 Å². The molecule has 1 atom stereocenters. The third-order valence-corrected chi connectivity index (χ3v) is 2.18. The quantitative estimate of drug-likeness (QED) is 0.633. The molecule has 1 aromatic carbocycles. The highest BCUT2D eigenvalue weighted by Crippen LogP contribution is 2.23. The van der Waals surface area contributed by atoms with Gasteiger partial charge in [0.15, 0.2) is 17.5 Å². The Labute approximate surface area is 105 Å². The lowest BCUT2D eigenvalue weighted by molar-refractivity contribution is 0.177. The van der Waals surface area contributed by atoms with Crippen LogP contribution in [-0.4, -0.2) is 5.11 Å². The van der Waals surface area contributed by atoms with Gasteiger partial charge in [0.25, 0.3) is 0 Å². The Kier molecular flexibility index (Phi) is 4.42. The summed E-state index contributed by atoms with van der Waals surface area (Å²) in [6.45, 7) is 5.68. The summed E-state index contributed by atoms with van der Waals surface area (Å²) in [4.78, 5) is 0. The topological polar surface area (TPSA) is 20.2 Å². The molecule has 1 rings (SSSR count). The van der Waals surface area contributed by atoms with E-state index in [1.165, 1.54) is 0 Å². The molecule has 0 saturated carbocycles. The summed E-state index contributed by atoms with van der Waals surface area (Å²) in [5, 5.41) is 9.68. The minimum Gasteiger partial charge on any atom is -0.387 e. The number of rotatable bonds is 2. The number of hydrogen-bond acceptors (Lipinski definition) is 1. The molecule has 1 unspecified atom stereocenters. The molecule has 1 N–H and O–H groups in total. The van der Waals surface area contributed by atoms with Crippen LogP contribution in [0.25, 0.3) is 0 Å². The van der Waals surface area contributed by atoms with Crippen LogP contribution in [0.5, 0.6) is 0 Å². The second-order valence-electron chi connectivity index (χ2n) is 5.04. The van der Waals surface area contributed by atoms with Crippen LogP contribution in [0.3, 0.4) is 0 Å². The maximum Gasteiger partial charge on any atom is 0.194 e. The number of aliphatic hydroxyl groups is 1. The van der Waals surface area contributed by atoms with E-state index in [1.54, 1.807) is 0 Å². The molecule has 0 heterocycles. The van der Waals surface area contributed by atoms with Crippen molar-refractivity contribution in [1.29, 1.82) is 0 Å². The van der Waals surface area contributed by atoms with Crippen LogP contribution in [0.4, 0.5) is 13.2 Å². The summed E-state index contributed by atoms with van der Waals surface area (Å²) in [6.07, 6.45) is -1.30. The molecule has 0 aliphatic carbocycles. The summed E-state index contributed by atoms with van der Waals surface area (Å²) in [5.74, 6) is 1.36. The van der Waals surface area contributed by atoms with E-state index in [9.17, 15) is 18.3 Å². The number of aliphatic hydroxyl groups excluding tert-OH is 1. The second-order valence-corrected chi connectivity index (χ2v) is 5.04. The normalized spacial score (nSPS) is 12.8. The number of hydrogen-bond donors (Lipinski definition) is 1. The van der Waals surface area contributed by atoms with Gasteiger partial charge in [-0.05, 0) is 26.8 Å². The van der Waals surface area contributed by atoms with Crippen molar-refractivity contribution in [2.45, 2.75) is 33.3 Å². The van der Waals surface area contributed by atoms with Crippen LogP contribution >= 0.6 is 0 Å². The van der Waals surface area contributed by atoms with Crippen LogP contribution in [0.15, 0.2) is 12.1 Å². The molecule has 0 radical (unpaired) electrons. The molecule has 4 heteroatoms. The number of halogens is 3. The van der Waals surface area contributed by atoms with E-state index in [2.05, 4.69) is 11.8 Å². The maximum atomic E-state index is 13.4. The molecule has 0 amide bonds. The van der Waals surface area contributed by atoms with Gasteiger partial charge in [0, 0.05) is 17.4 Å². The molecule has 98 valence electrons. The van der Waals surface area contributed by atoms with Crippen molar-refractivity contribution in [2.24, 2.45) is 5.41 Å². The van der Waals surface area contributed by atoms with Crippen molar-refractivity contribution in [2.75, 3.05) is 0 Å². The highest BCUT2D eigenvalue weighted by Gasteiger charge is 2.18. The van der Waals surface area contributed by atoms with Crippen molar-refractivity contribution in [3.8, 4) is 11.8 Å². The zero-order chi connectivity index (χ0) is 13.9. The Morgan fingerprint density at radius 1 is 1.17 bits per heavy atom. The summed E-state index contributed by atoms with van der Waals surface area (Å²) in [6, 6.07) is 1.81. The van der Waals surface area contributed by atoms with Crippen LogP contribution in [-0.2, 0) is 0 Å². The van der Waals surface area contributed by atoms with Gasteiger partial charge in [-0.15, -0.1) is 0 Å². The van der Waals surface area contributed by atoms with Crippen molar-refractivity contribution in [3.05, 3.63) is 35.1 Å². The Morgan fingerprint density at radius 3 is 2.33 bits per heavy atom. The van der Waals surface area contributed by atoms with Crippen LogP contribution in [0, 0.1) is 34.7 Å². The van der Waals surface area contributed by atoms with E-state index < -0.39 is 23.6 Å². The van der Waals surface area contributed by atoms with Gasteiger partial charge in [-0.1, -0.05) is 17.9 Å².